The van der Waals surface area contributed by atoms with E-state index in [1.54, 1.807) is 36.4 Å². The van der Waals surface area contributed by atoms with E-state index in [4.69, 9.17) is 9.47 Å². The zero-order valence-electron chi connectivity index (χ0n) is 12.2. The summed E-state index contributed by atoms with van der Waals surface area (Å²) in [5.41, 5.74) is 3.42. The van der Waals surface area contributed by atoms with Gasteiger partial charge >= 0.3 is 0 Å². The van der Waals surface area contributed by atoms with E-state index in [0.29, 0.717) is 22.6 Å². The van der Waals surface area contributed by atoms with Crippen LogP contribution < -0.4 is 14.9 Å². The molecule has 0 unspecified atom stereocenters. The molecule has 0 aliphatic heterocycles. The standard InChI is InChI=1S/C16H16N2O4/c1-21-14-6-4-3-5-12(14)16(20)18-17-10-11-7-8-15(22-2)13(19)9-11/h3-10,19H,1-2H3,(H,18,20)/b17-10+. The fourth-order valence-electron chi connectivity index (χ4n) is 1.85. The number of carbonyl (C=O) groups excluding carboxylic acids is 1. The Hall–Kier alpha value is -3.02. The number of para-hydroxylation sites is 1. The molecule has 0 atom stereocenters. The van der Waals surface area contributed by atoms with Crippen molar-refractivity contribution in [3.63, 3.8) is 0 Å². The van der Waals surface area contributed by atoms with Crippen LogP contribution in [-0.4, -0.2) is 31.4 Å². The zero-order chi connectivity index (χ0) is 15.9. The number of aromatic hydroxyl groups is 1. The Bertz CT molecular complexity index is 698. The van der Waals surface area contributed by atoms with Crippen molar-refractivity contribution in [1.82, 2.24) is 5.43 Å². The molecule has 2 aromatic carbocycles. The van der Waals surface area contributed by atoms with Gasteiger partial charge in [-0.3, -0.25) is 4.79 Å². The van der Waals surface area contributed by atoms with Gasteiger partial charge < -0.3 is 14.6 Å². The SMILES string of the molecule is COc1ccc(/C=N/NC(=O)c2ccccc2OC)cc1O. The Balaban J connectivity index is 2.06. The molecule has 0 aliphatic carbocycles. The molecule has 22 heavy (non-hydrogen) atoms. The number of methoxy groups -OCH3 is 2. The van der Waals surface area contributed by atoms with Crippen molar-refractivity contribution < 1.29 is 19.4 Å². The number of carbonyl (C=O) groups is 1. The lowest BCUT2D eigenvalue weighted by molar-refractivity contribution is 0.0952. The predicted octanol–water partition coefficient (Wildman–Crippen LogP) is 2.17. The van der Waals surface area contributed by atoms with Crippen molar-refractivity contribution in [2.45, 2.75) is 0 Å². The van der Waals surface area contributed by atoms with Crippen LogP contribution >= 0.6 is 0 Å². The third-order valence-electron chi connectivity index (χ3n) is 2.93. The number of amides is 1. The van der Waals surface area contributed by atoms with Crippen LogP contribution in [0.3, 0.4) is 0 Å². The maximum atomic E-state index is 12.0. The Labute approximate surface area is 128 Å². The van der Waals surface area contributed by atoms with Gasteiger partial charge in [0.05, 0.1) is 26.0 Å². The number of hydrogen-bond donors (Lipinski definition) is 2. The fraction of sp³-hybridized carbons (Fsp3) is 0.125. The van der Waals surface area contributed by atoms with Gasteiger partial charge in [-0.25, -0.2) is 5.43 Å². The van der Waals surface area contributed by atoms with Gasteiger partial charge in [0.15, 0.2) is 11.5 Å². The van der Waals surface area contributed by atoms with Crippen LogP contribution in [0.5, 0.6) is 17.2 Å². The minimum atomic E-state index is -0.383. The lowest BCUT2D eigenvalue weighted by Crippen LogP contribution is -2.18. The van der Waals surface area contributed by atoms with E-state index in [1.165, 1.54) is 26.5 Å². The quantitative estimate of drug-likeness (QED) is 0.655. The van der Waals surface area contributed by atoms with Crippen molar-refractivity contribution >= 4 is 12.1 Å². The highest BCUT2D eigenvalue weighted by Crippen LogP contribution is 2.25. The Morgan fingerprint density at radius 1 is 1.14 bits per heavy atom. The molecule has 114 valence electrons. The number of nitrogens with one attached hydrogen (secondary N) is 1. The lowest BCUT2D eigenvalue weighted by atomic mass is 10.2. The Kier molecular flexibility index (Phi) is 4.98. The number of phenols is 1. The largest absolute Gasteiger partial charge is 0.504 e. The molecule has 0 saturated heterocycles. The number of hydrogen-bond acceptors (Lipinski definition) is 5. The maximum absolute atomic E-state index is 12.0. The number of nitrogens with zero attached hydrogens (tertiary/aromatic N) is 1. The van der Waals surface area contributed by atoms with Crippen molar-refractivity contribution in [1.29, 1.82) is 0 Å². The number of benzene rings is 2. The normalized spacial score (nSPS) is 10.5. The van der Waals surface area contributed by atoms with E-state index >= 15 is 0 Å². The first kappa shape index (κ1) is 15.4. The first-order valence-corrected chi connectivity index (χ1v) is 6.49. The van der Waals surface area contributed by atoms with Crippen LogP contribution in [0.2, 0.25) is 0 Å². The molecule has 2 rings (SSSR count). The van der Waals surface area contributed by atoms with Gasteiger partial charge in [0, 0.05) is 0 Å². The second kappa shape index (κ2) is 7.12. The topological polar surface area (TPSA) is 80.2 Å². The van der Waals surface area contributed by atoms with Crippen molar-refractivity contribution in [3.8, 4) is 17.2 Å². The van der Waals surface area contributed by atoms with Crippen molar-refractivity contribution in [2.24, 2.45) is 5.10 Å². The first-order chi connectivity index (χ1) is 10.7. The summed E-state index contributed by atoms with van der Waals surface area (Å²) < 4.78 is 10.1. The maximum Gasteiger partial charge on any atom is 0.275 e. The fourth-order valence-corrected chi connectivity index (χ4v) is 1.85. The Morgan fingerprint density at radius 3 is 2.55 bits per heavy atom. The van der Waals surface area contributed by atoms with Crippen molar-refractivity contribution in [3.05, 3.63) is 53.6 Å². The van der Waals surface area contributed by atoms with E-state index in [0.717, 1.165) is 0 Å². The molecule has 6 heteroatoms. The second-order valence-electron chi connectivity index (χ2n) is 4.33. The highest BCUT2D eigenvalue weighted by Gasteiger charge is 2.10. The molecule has 0 saturated carbocycles. The summed E-state index contributed by atoms with van der Waals surface area (Å²) in [7, 11) is 2.96. The minimum Gasteiger partial charge on any atom is -0.504 e. The van der Waals surface area contributed by atoms with Gasteiger partial charge in [0.25, 0.3) is 5.91 Å². The third-order valence-corrected chi connectivity index (χ3v) is 2.93. The van der Waals surface area contributed by atoms with Gasteiger partial charge in [0.1, 0.15) is 5.75 Å². The Morgan fingerprint density at radius 2 is 1.86 bits per heavy atom. The highest BCUT2D eigenvalue weighted by atomic mass is 16.5. The summed E-state index contributed by atoms with van der Waals surface area (Å²) in [6.45, 7) is 0. The summed E-state index contributed by atoms with van der Waals surface area (Å²) >= 11 is 0. The third kappa shape index (κ3) is 3.54. The van der Waals surface area contributed by atoms with Crippen LogP contribution in [0.4, 0.5) is 0 Å². The minimum absolute atomic E-state index is 0.00232. The molecule has 0 aromatic heterocycles. The average molecular weight is 300 g/mol. The van der Waals surface area contributed by atoms with E-state index in [9.17, 15) is 9.90 Å². The number of ether oxygens (including phenoxy) is 2. The smallest absolute Gasteiger partial charge is 0.275 e. The summed E-state index contributed by atoms with van der Waals surface area (Å²) in [4.78, 5) is 12.0. The van der Waals surface area contributed by atoms with Crippen LogP contribution in [0, 0.1) is 0 Å². The zero-order valence-corrected chi connectivity index (χ0v) is 12.2. The van der Waals surface area contributed by atoms with E-state index in [-0.39, 0.29) is 11.7 Å². The lowest BCUT2D eigenvalue weighted by Gasteiger charge is -2.06. The number of hydrazone groups is 1. The predicted molar refractivity (Wildman–Crippen MR) is 82.7 cm³/mol. The molecule has 0 heterocycles. The summed E-state index contributed by atoms with van der Waals surface area (Å²) in [5, 5.41) is 13.5. The van der Waals surface area contributed by atoms with Gasteiger partial charge in [-0.15, -0.1) is 0 Å². The number of rotatable bonds is 5. The molecule has 0 fully saturated rings. The summed E-state index contributed by atoms with van der Waals surface area (Å²) in [6.07, 6.45) is 1.42. The molecule has 0 bridgehead atoms. The molecule has 2 N–H and O–H groups in total. The molecule has 0 spiro atoms. The molecule has 0 radical (unpaired) electrons. The second-order valence-corrected chi connectivity index (χ2v) is 4.33. The monoisotopic (exact) mass is 300 g/mol. The molecular weight excluding hydrogens is 284 g/mol. The summed E-state index contributed by atoms with van der Waals surface area (Å²) in [6, 6.07) is 11.7. The van der Waals surface area contributed by atoms with Crippen molar-refractivity contribution in [2.75, 3.05) is 14.2 Å². The van der Waals surface area contributed by atoms with Crippen LogP contribution in [0.25, 0.3) is 0 Å². The van der Waals surface area contributed by atoms with Gasteiger partial charge in [-0.05, 0) is 35.9 Å². The van der Waals surface area contributed by atoms with E-state index in [1.807, 2.05) is 0 Å². The molecule has 1 amide bonds. The van der Waals surface area contributed by atoms with Crippen LogP contribution in [0.1, 0.15) is 15.9 Å². The molecule has 0 aliphatic rings. The summed E-state index contributed by atoms with van der Waals surface area (Å²) in [5.74, 6) is 0.460. The first-order valence-electron chi connectivity index (χ1n) is 6.49. The van der Waals surface area contributed by atoms with Crippen LogP contribution in [0.15, 0.2) is 47.6 Å². The van der Waals surface area contributed by atoms with E-state index in [2.05, 4.69) is 10.5 Å². The molecular formula is C16H16N2O4. The van der Waals surface area contributed by atoms with Gasteiger partial charge in [-0.2, -0.15) is 5.10 Å². The van der Waals surface area contributed by atoms with Crippen LogP contribution in [-0.2, 0) is 0 Å². The molecule has 6 nitrogen and oxygen atoms in total. The number of phenolic OH excluding ortho intramolecular Hbond substituents is 1. The molecule has 2 aromatic rings. The van der Waals surface area contributed by atoms with Gasteiger partial charge in [0.2, 0.25) is 0 Å². The highest BCUT2D eigenvalue weighted by molar-refractivity contribution is 5.97. The average Bonchev–Trinajstić information content (AvgIpc) is 2.55. The van der Waals surface area contributed by atoms with E-state index < -0.39 is 0 Å². The van der Waals surface area contributed by atoms with Gasteiger partial charge in [-0.1, -0.05) is 12.1 Å².